The summed E-state index contributed by atoms with van der Waals surface area (Å²) in [6, 6.07) is 0. The Labute approximate surface area is 62.4 Å². The number of hydrogen-bond acceptors (Lipinski definition) is 1. The van der Waals surface area contributed by atoms with E-state index in [1.165, 1.54) is 25.7 Å². The topological polar surface area (TPSA) is 20.2 Å². The minimum atomic E-state index is -0.186. The molecule has 0 spiro atoms. The molecule has 1 nitrogen and oxygen atoms in total. The largest absolute Gasteiger partial charge is 0.390 e. The molecular formula is C9H16O. The molecule has 0 unspecified atom stereocenters. The van der Waals surface area contributed by atoms with E-state index in [0.29, 0.717) is 0 Å². The van der Waals surface area contributed by atoms with E-state index < -0.39 is 0 Å². The lowest BCUT2D eigenvalue weighted by Gasteiger charge is -2.04. The molecule has 0 saturated heterocycles. The van der Waals surface area contributed by atoms with E-state index in [1.807, 2.05) is 0 Å². The Morgan fingerprint density at radius 2 is 2.00 bits per heavy atom. The molecule has 0 bridgehead atoms. The number of rotatable bonds is 4. The van der Waals surface area contributed by atoms with Crippen molar-refractivity contribution >= 4 is 0 Å². The zero-order valence-electron chi connectivity index (χ0n) is 6.47. The van der Waals surface area contributed by atoms with Crippen LogP contribution in [0, 0.1) is 5.92 Å². The summed E-state index contributed by atoms with van der Waals surface area (Å²) in [6.07, 6.45) is 8.76. The Balaban J connectivity index is 1.54. The van der Waals surface area contributed by atoms with Crippen molar-refractivity contribution in [3.63, 3.8) is 0 Å². The van der Waals surface area contributed by atoms with Gasteiger partial charge in [-0.25, -0.2) is 0 Å². The molecule has 10 heavy (non-hydrogen) atoms. The van der Waals surface area contributed by atoms with Gasteiger partial charge in [0.15, 0.2) is 0 Å². The lowest BCUT2D eigenvalue weighted by molar-refractivity contribution is 0.136. The standard InChI is InChI=1S/C9H16O/c10-9(6-7-9)5-1-2-8-3-4-8/h8,10H,1-7H2. The molecule has 0 atom stereocenters. The SMILES string of the molecule is OC1(CCCC2CC2)CC1. The molecule has 2 rings (SSSR count). The van der Waals surface area contributed by atoms with Crippen LogP contribution in [0.15, 0.2) is 0 Å². The van der Waals surface area contributed by atoms with Crippen molar-refractivity contribution in [2.24, 2.45) is 5.92 Å². The van der Waals surface area contributed by atoms with E-state index in [-0.39, 0.29) is 5.60 Å². The van der Waals surface area contributed by atoms with Crippen molar-refractivity contribution in [3.05, 3.63) is 0 Å². The lowest BCUT2D eigenvalue weighted by Crippen LogP contribution is -2.05. The van der Waals surface area contributed by atoms with Crippen LogP contribution < -0.4 is 0 Å². The molecule has 0 aromatic carbocycles. The Morgan fingerprint density at radius 1 is 1.30 bits per heavy atom. The monoisotopic (exact) mass is 140 g/mol. The fourth-order valence-corrected chi connectivity index (χ4v) is 1.52. The molecule has 0 aromatic heterocycles. The summed E-state index contributed by atoms with van der Waals surface area (Å²) in [4.78, 5) is 0. The van der Waals surface area contributed by atoms with Gasteiger partial charge in [-0.05, 0) is 25.2 Å². The maximum absolute atomic E-state index is 9.46. The predicted molar refractivity (Wildman–Crippen MR) is 40.8 cm³/mol. The molecule has 0 radical (unpaired) electrons. The van der Waals surface area contributed by atoms with Crippen LogP contribution in [0.2, 0.25) is 0 Å². The average molecular weight is 140 g/mol. The van der Waals surface area contributed by atoms with Crippen LogP contribution in [0.1, 0.15) is 44.9 Å². The van der Waals surface area contributed by atoms with Crippen LogP contribution in [0.3, 0.4) is 0 Å². The predicted octanol–water partition coefficient (Wildman–Crippen LogP) is 2.09. The third-order valence-electron chi connectivity index (χ3n) is 2.78. The molecule has 2 fully saturated rings. The van der Waals surface area contributed by atoms with Gasteiger partial charge >= 0.3 is 0 Å². The molecule has 0 aliphatic heterocycles. The molecule has 0 amide bonds. The summed E-state index contributed by atoms with van der Waals surface area (Å²) in [6.45, 7) is 0. The van der Waals surface area contributed by atoms with Crippen LogP contribution >= 0.6 is 0 Å². The maximum atomic E-state index is 9.46. The third-order valence-corrected chi connectivity index (χ3v) is 2.78. The highest BCUT2D eigenvalue weighted by molar-refractivity contribution is 4.93. The van der Waals surface area contributed by atoms with E-state index in [4.69, 9.17) is 0 Å². The van der Waals surface area contributed by atoms with Gasteiger partial charge in [0.25, 0.3) is 0 Å². The molecular weight excluding hydrogens is 124 g/mol. The first-order chi connectivity index (χ1) is 4.79. The van der Waals surface area contributed by atoms with Gasteiger partial charge in [0.1, 0.15) is 0 Å². The van der Waals surface area contributed by atoms with Gasteiger partial charge in [-0.2, -0.15) is 0 Å². The first-order valence-corrected chi connectivity index (χ1v) is 4.51. The van der Waals surface area contributed by atoms with Crippen LogP contribution in [0.25, 0.3) is 0 Å². The van der Waals surface area contributed by atoms with Crippen molar-refractivity contribution in [2.45, 2.75) is 50.5 Å². The fraction of sp³-hybridized carbons (Fsp3) is 1.00. The van der Waals surface area contributed by atoms with Gasteiger partial charge in [-0.15, -0.1) is 0 Å². The minimum absolute atomic E-state index is 0.186. The van der Waals surface area contributed by atoms with Gasteiger partial charge in [0.05, 0.1) is 5.60 Å². The summed E-state index contributed by atoms with van der Waals surface area (Å²) < 4.78 is 0. The normalized spacial score (nSPS) is 28.5. The molecule has 2 saturated carbocycles. The van der Waals surface area contributed by atoms with Gasteiger partial charge in [-0.3, -0.25) is 0 Å². The fourth-order valence-electron chi connectivity index (χ4n) is 1.52. The number of aliphatic hydroxyl groups is 1. The van der Waals surface area contributed by atoms with E-state index in [2.05, 4.69) is 0 Å². The van der Waals surface area contributed by atoms with E-state index in [0.717, 1.165) is 25.2 Å². The Hall–Kier alpha value is -0.0400. The van der Waals surface area contributed by atoms with E-state index in [1.54, 1.807) is 0 Å². The van der Waals surface area contributed by atoms with Crippen LogP contribution in [-0.2, 0) is 0 Å². The van der Waals surface area contributed by atoms with Crippen LogP contribution in [-0.4, -0.2) is 10.7 Å². The van der Waals surface area contributed by atoms with Crippen LogP contribution in [0.5, 0.6) is 0 Å². The minimum Gasteiger partial charge on any atom is -0.390 e. The molecule has 2 aliphatic carbocycles. The van der Waals surface area contributed by atoms with Crippen molar-refractivity contribution in [2.75, 3.05) is 0 Å². The van der Waals surface area contributed by atoms with Crippen molar-refractivity contribution < 1.29 is 5.11 Å². The first kappa shape index (κ1) is 6.66. The second-order valence-corrected chi connectivity index (χ2v) is 4.06. The zero-order chi connectivity index (χ0) is 7.03. The first-order valence-electron chi connectivity index (χ1n) is 4.51. The molecule has 1 heteroatoms. The maximum Gasteiger partial charge on any atom is 0.0650 e. The van der Waals surface area contributed by atoms with E-state index in [9.17, 15) is 5.11 Å². The van der Waals surface area contributed by atoms with E-state index >= 15 is 0 Å². The second-order valence-electron chi connectivity index (χ2n) is 4.06. The zero-order valence-corrected chi connectivity index (χ0v) is 6.47. The Morgan fingerprint density at radius 3 is 2.50 bits per heavy atom. The molecule has 2 aliphatic rings. The summed E-state index contributed by atoms with van der Waals surface area (Å²) in [5.41, 5.74) is -0.186. The number of hydrogen-bond donors (Lipinski definition) is 1. The molecule has 0 heterocycles. The Bertz CT molecular complexity index is 123. The van der Waals surface area contributed by atoms with Gasteiger partial charge in [0.2, 0.25) is 0 Å². The lowest BCUT2D eigenvalue weighted by atomic mass is 10.1. The quantitative estimate of drug-likeness (QED) is 0.634. The third kappa shape index (κ3) is 1.72. The van der Waals surface area contributed by atoms with Gasteiger partial charge in [0, 0.05) is 0 Å². The summed E-state index contributed by atoms with van der Waals surface area (Å²) in [5, 5.41) is 9.46. The highest BCUT2D eigenvalue weighted by atomic mass is 16.3. The highest BCUT2D eigenvalue weighted by Crippen LogP contribution is 2.42. The molecule has 1 N–H and O–H groups in total. The smallest absolute Gasteiger partial charge is 0.0650 e. The summed E-state index contributed by atoms with van der Waals surface area (Å²) in [5.74, 6) is 1.04. The molecule has 0 aromatic rings. The van der Waals surface area contributed by atoms with Crippen LogP contribution in [0.4, 0.5) is 0 Å². The van der Waals surface area contributed by atoms with Crippen molar-refractivity contribution in [1.82, 2.24) is 0 Å². The van der Waals surface area contributed by atoms with Crippen molar-refractivity contribution in [3.8, 4) is 0 Å². The second kappa shape index (κ2) is 2.23. The van der Waals surface area contributed by atoms with Crippen molar-refractivity contribution in [1.29, 1.82) is 0 Å². The van der Waals surface area contributed by atoms with Gasteiger partial charge in [-0.1, -0.05) is 25.7 Å². The van der Waals surface area contributed by atoms with Gasteiger partial charge < -0.3 is 5.11 Å². The highest BCUT2D eigenvalue weighted by Gasteiger charge is 2.39. The summed E-state index contributed by atoms with van der Waals surface area (Å²) >= 11 is 0. The Kier molecular flexibility index (Phi) is 1.48. The average Bonchev–Trinajstić information content (AvgIpc) is 2.70. The summed E-state index contributed by atoms with van der Waals surface area (Å²) in [7, 11) is 0. The molecule has 58 valence electrons.